The standard InChI is InChI=1S/C15H22F2N2O2/c1-3-8-19(9-4-2)15(20)18-7-10-21-12-5-6-13(16)14(17)11-12/h5-6,11H,3-4,7-10H2,1-2H3,(H,18,20). The Morgan fingerprint density at radius 2 is 1.86 bits per heavy atom. The zero-order valence-corrected chi connectivity index (χ0v) is 12.5. The molecule has 0 fully saturated rings. The number of nitrogens with one attached hydrogen (secondary N) is 1. The van der Waals surface area contributed by atoms with Gasteiger partial charge in [0.25, 0.3) is 0 Å². The van der Waals surface area contributed by atoms with E-state index in [0.29, 0.717) is 19.6 Å². The van der Waals surface area contributed by atoms with Gasteiger partial charge in [-0.25, -0.2) is 13.6 Å². The fourth-order valence-electron chi connectivity index (χ4n) is 1.86. The van der Waals surface area contributed by atoms with E-state index in [9.17, 15) is 13.6 Å². The van der Waals surface area contributed by atoms with Crippen LogP contribution in [0, 0.1) is 11.6 Å². The van der Waals surface area contributed by atoms with Crippen LogP contribution in [-0.4, -0.2) is 37.2 Å². The first kappa shape index (κ1) is 17.2. The number of rotatable bonds is 8. The van der Waals surface area contributed by atoms with Gasteiger partial charge in [-0.15, -0.1) is 0 Å². The van der Waals surface area contributed by atoms with E-state index in [4.69, 9.17) is 4.74 Å². The summed E-state index contributed by atoms with van der Waals surface area (Å²) < 4.78 is 30.9. The molecule has 118 valence electrons. The molecule has 0 aliphatic heterocycles. The van der Waals surface area contributed by atoms with Crippen molar-refractivity contribution in [3.63, 3.8) is 0 Å². The Balaban J connectivity index is 2.32. The largest absolute Gasteiger partial charge is 0.492 e. The fraction of sp³-hybridized carbons (Fsp3) is 0.533. The molecule has 6 heteroatoms. The van der Waals surface area contributed by atoms with Gasteiger partial charge in [-0.3, -0.25) is 0 Å². The zero-order valence-electron chi connectivity index (χ0n) is 12.5. The lowest BCUT2D eigenvalue weighted by molar-refractivity contribution is 0.194. The molecular formula is C15H22F2N2O2. The van der Waals surface area contributed by atoms with Gasteiger partial charge in [-0.2, -0.15) is 0 Å². The van der Waals surface area contributed by atoms with Crippen LogP contribution in [0.4, 0.5) is 13.6 Å². The van der Waals surface area contributed by atoms with E-state index in [1.54, 1.807) is 4.90 Å². The molecule has 0 heterocycles. The SMILES string of the molecule is CCCN(CCC)C(=O)NCCOc1ccc(F)c(F)c1. The van der Waals surface area contributed by atoms with Gasteiger partial charge in [0.05, 0.1) is 6.54 Å². The molecule has 0 aromatic heterocycles. The van der Waals surface area contributed by atoms with Crippen molar-refractivity contribution in [2.45, 2.75) is 26.7 Å². The van der Waals surface area contributed by atoms with Gasteiger partial charge >= 0.3 is 6.03 Å². The Labute approximate surface area is 124 Å². The highest BCUT2D eigenvalue weighted by atomic mass is 19.2. The zero-order chi connectivity index (χ0) is 15.7. The topological polar surface area (TPSA) is 41.6 Å². The van der Waals surface area contributed by atoms with Crippen molar-refractivity contribution >= 4 is 6.03 Å². The highest BCUT2D eigenvalue weighted by Gasteiger charge is 2.10. The molecule has 1 rings (SSSR count). The average Bonchev–Trinajstić information content (AvgIpc) is 2.46. The van der Waals surface area contributed by atoms with Gasteiger partial charge in [0.2, 0.25) is 0 Å². The molecule has 0 aliphatic rings. The molecule has 21 heavy (non-hydrogen) atoms. The molecular weight excluding hydrogens is 278 g/mol. The number of halogens is 2. The number of amides is 2. The third-order valence-corrected chi connectivity index (χ3v) is 2.81. The molecule has 0 bridgehead atoms. The summed E-state index contributed by atoms with van der Waals surface area (Å²) in [5.74, 6) is -1.62. The second-order valence-electron chi connectivity index (χ2n) is 4.64. The fourth-order valence-corrected chi connectivity index (χ4v) is 1.86. The van der Waals surface area contributed by atoms with Crippen LogP contribution in [0.5, 0.6) is 5.75 Å². The Morgan fingerprint density at radius 3 is 2.43 bits per heavy atom. The monoisotopic (exact) mass is 300 g/mol. The molecule has 0 saturated carbocycles. The van der Waals surface area contributed by atoms with Crippen LogP contribution in [0.15, 0.2) is 18.2 Å². The van der Waals surface area contributed by atoms with Crippen LogP contribution in [0.25, 0.3) is 0 Å². The van der Waals surface area contributed by atoms with E-state index >= 15 is 0 Å². The first-order chi connectivity index (χ1) is 10.1. The van der Waals surface area contributed by atoms with Crippen molar-refractivity contribution in [2.75, 3.05) is 26.2 Å². The molecule has 0 unspecified atom stereocenters. The van der Waals surface area contributed by atoms with E-state index in [-0.39, 0.29) is 18.4 Å². The third kappa shape index (κ3) is 5.97. The highest BCUT2D eigenvalue weighted by molar-refractivity contribution is 5.74. The number of nitrogens with zero attached hydrogens (tertiary/aromatic N) is 1. The molecule has 0 saturated heterocycles. The first-order valence-corrected chi connectivity index (χ1v) is 7.19. The Hall–Kier alpha value is -1.85. The van der Waals surface area contributed by atoms with Crippen LogP contribution in [0.1, 0.15) is 26.7 Å². The molecule has 1 aromatic carbocycles. The normalized spacial score (nSPS) is 10.3. The van der Waals surface area contributed by atoms with Gasteiger partial charge in [0.1, 0.15) is 12.4 Å². The second kappa shape index (κ2) is 9.15. The van der Waals surface area contributed by atoms with Gasteiger partial charge in [0, 0.05) is 19.2 Å². The molecule has 1 N–H and O–H groups in total. The lowest BCUT2D eigenvalue weighted by Gasteiger charge is -2.21. The van der Waals surface area contributed by atoms with Crippen LogP contribution < -0.4 is 10.1 Å². The van der Waals surface area contributed by atoms with Crippen LogP contribution in [0.2, 0.25) is 0 Å². The molecule has 0 aliphatic carbocycles. The number of carbonyl (C=O) groups excluding carboxylic acids is 1. The number of carbonyl (C=O) groups is 1. The highest BCUT2D eigenvalue weighted by Crippen LogP contribution is 2.14. The summed E-state index contributed by atoms with van der Waals surface area (Å²) in [6.45, 7) is 5.96. The van der Waals surface area contributed by atoms with Crippen molar-refractivity contribution in [2.24, 2.45) is 0 Å². The van der Waals surface area contributed by atoms with Gasteiger partial charge in [-0.1, -0.05) is 13.8 Å². The number of hydrogen-bond donors (Lipinski definition) is 1. The average molecular weight is 300 g/mol. The van der Waals surface area contributed by atoms with Crippen molar-refractivity contribution in [3.8, 4) is 5.75 Å². The minimum atomic E-state index is -0.950. The quantitative estimate of drug-likeness (QED) is 0.749. The van der Waals surface area contributed by atoms with E-state index in [1.165, 1.54) is 6.07 Å². The van der Waals surface area contributed by atoms with E-state index in [1.807, 2.05) is 13.8 Å². The Morgan fingerprint density at radius 1 is 1.19 bits per heavy atom. The minimum absolute atomic E-state index is 0.132. The van der Waals surface area contributed by atoms with Gasteiger partial charge in [0.15, 0.2) is 11.6 Å². The van der Waals surface area contributed by atoms with Crippen LogP contribution >= 0.6 is 0 Å². The molecule has 1 aromatic rings. The van der Waals surface area contributed by atoms with Crippen LogP contribution in [0.3, 0.4) is 0 Å². The molecule has 4 nitrogen and oxygen atoms in total. The maximum absolute atomic E-state index is 13.0. The Bertz CT molecular complexity index is 449. The third-order valence-electron chi connectivity index (χ3n) is 2.81. The van der Waals surface area contributed by atoms with E-state index in [0.717, 1.165) is 25.0 Å². The lowest BCUT2D eigenvalue weighted by Crippen LogP contribution is -2.42. The number of benzene rings is 1. The number of ether oxygens (including phenoxy) is 1. The lowest BCUT2D eigenvalue weighted by atomic mass is 10.3. The van der Waals surface area contributed by atoms with Crippen molar-refractivity contribution in [3.05, 3.63) is 29.8 Å². The summed E-state index contributed by atoms with van der Waals surface area (Å²) in [7, 11) is 0. The summed E-state index contributed by atoms with van der Waals surface area (Å²) in [6, 6.07) is 3.21. The van der Waals surface area contributed by atoms with Gasteiger partial charge < -0.3 is 15.0 Å². The predicted octanol–water partition coefficient (Wildman–Crippen LogP) is 3.18. The number of urea groups is 1. The summed E-state index contributed by atoms with van der Waals surface area (Å²) in [5, 5.41) is 2.74. The summed E-state index contributed by atoms with van der Waals surface area (Å²) in [4.78, 5) is 13.6. The van der Waals surface area contributed by atoms with Crippen molar-refractivity contribution < 1.29 is 18.3 Å². The first-order valence-electron chi connectivity index (χ1n) is 7.19. The molecule has 2 amide bonds. The summed E-state index contributed by atoms with van der Waals surface area (Å²) in [5.41, 5.74) is 0. The smallest absolute Gasteiger partial charge is 0.317 e. The molecule has 0 spiro atoms. The minimum Gasteiger partial charge on any atom is -0.492 e. The van der Waals surface area contributed by atoms with Crippen molar-refractivity contribution in [1.82, 2.24) is 10.2 Å². The second-order valence-corrected chi connectivity index (χ2v) is 4.64. The predicted molar refractivity (Wildman–Crippen MR) is 77.4 cm³/mol. The maximum atomic E-state index is 13.0. The van der Waals surface area contributed by atoms with Crippen LogP contribution in [-0.2, 0) is 0 Å². The summed E-state index contributed by atoms with van der Waals surface area (Å²) >= 11 is 0. The number of hydrogen-bond acceptors (Lipinski definition) is 2. The van der Waals surface area contributed by atoms with E-state index in [2.05, 4.69) is 5.32 Å². The molecule has 0 radical (unpaired) electrons. The maximum Gasteiger partial charge on any atom is 0.317 e. The molecule has 0 atom stereocenters. The summed E-state index contributed by atoms with van der Waals surface area (Å²) in [6.07, 6.45) is 1.80. The Kier molecular flexibility index (Phi) is 7.50. The van der Waals surface area contributed by atoms with Crippen molar-refractivity contribution in [1.29, 1.82) is 0 Å². The van der Waals surface area contributed by atoms with Gasteiger partial charge in [-0.05, 0) is 25.0 Å². The van der Waals surface area contributed by atoms with E-state index < -0.39 is 11.6 Å².